The molecule has 0 aromatic heterocycles. The molecular formula is C14H19NO3. The molecule has 0 radical (unpaired) electrons. The van der Waals surface area contributed by atoms with Crippen molar-refractivity contribution in [2.45, 2.75) is 31.9 Å². The Labute approximate surface area is 107 Å². The first kappa shape index (κ1) is 13.1. The van der Waals surface area contributed by atoms with E-state index in [1.54, 1.807) is 18.2 Å². The third kappa shape index (κ3) is 3.55. The number of hydrogen-bond acceptors (Lipinski definition) is 3. The molecule has 0 spiro atoms. The Kier molecular flexibility index (Phi) is 4.33. The fourth-order valence-corrected chi connectivity index (χ4v) is 2.47. The summed E-state index contributed by atoms with van der Waals surface area (Å²) in [5.41, 5.74) is 1.30. The number of nitrogens with one attached hydrogen (secondary N) is 1. The quantitative estimate of drug-likeness (QED) is 0.742. The van der Waals surface area contributed by atoms with E-state index in [1.807, 2.05) is 6.07 Å². The molecule has 0 heterocycles. The number of carboxylic acid groups (broad SMARTS) is 1. The summed E-state index contributed by atoms with van der Waals surface area (Å²) in [5, 5.41) is 21.6. The van der Waals surface area contributed by atoms with E-state index in [2.05, 4.69) is 5.32 Å². The Balaban J connectivity index is 1.79. The van der Waals surface area contributed by atoms with Crippen molar-refractivity contribution in [1.82, 2.24) is 5.32 Å². The number of hydrogen-bond donors (Lipinski definition) is 3. The standard InChI is InChI=1S/C14H19NO3/c16-13-5-4-11(7-13)9-15-8-10-2-1-3-12(6-10)14(17)18/h1-3,6,11,13,15-16H,4-5,7-9H2,(H,17,18). The Morgan fingerprint density at radius 1 is 1.39 bits per heavy atom. The number of aliphatic hydroxyl groups excluding tert-OH is 1. The zero-order valence-corrected chi connectivity index (χ0v) is 10.3. The molecule has 0 amide bonds. The third-order valence-corrected chi connectivity index (χ3v) is 3.45. The summed E-state index contributed by atoms with van der Waals surface area (Å²) in [5.74, 6) is -0.349. The monoisotopic (exact) mass is 249 g/mol. The summed E-state index contributed by atoms with van der Waals surface area (Å²) < 4.78 is 0. The lowest BCUT2D eigenvalue weighted by Gasteiger charge is -2.11. The summed E-state index contributed by atoms with van der Waals surface area (Å²) >= 11 is 0. The van der Waals surface area contributed by atoms with Gasteiger partial charge in [-0.15, -0.1) is 0 Å². The maximum absolute atomic E-state index is 10.8. The van der Waals surface area contributed by atoms with Crippen LogP contribution in [0, 0.1) is 5.92 Å². The molecule has 0 aliphatic heterocycles. The predicted octanol–water partition coefficient (Wildman–Crippen LogP) is 1.64. The van der Waals surface area contributed by atoms with Crippen LogP contribution in [0.2, 0.25) is 0 Å². The van der Waals surface area contributed by atoms with E-state index >= 15 is 0 Å². The van der Waals surface area contributed by atoms with Gasteiger partial charge in [-0.25, -0.2) is 4.79 Å². The largest absolute Gasteiger partial charge is 0.478 e. The molecule has 1 aliphatic carbocycles. The van der Waals surface area contributed by atoms with Gasteiger partial charge in [-0.05, 0) is 49.4 Å². The van der Waals surface area contributed by atoms with E-state index in [0.29, 0.717) is 18.0 Å². The molecule has 2 atom stereocenters. The van der Waals surface area contributed by atoms with Gasteiger partial charge in [0.1, 0.15) is 0 Å². The van der Waals surface area contributed by atoms with Crippen molar-refractivity contribution in [3.8, 4) is 0 Å². The van der Waals surface area contributed by atoms with Crippen LogP contribution in [0.5, 0.6) is 0 Å². The second kappa shape index (κ2) is 5.98. The van der Waals surface area contributed by atoms with E-state index in [-0.39, 0.29) is 6.10 Å². The van der Waals surface area contributed by atoms with Gasteiger partial charge in [0.2, 0.25) is 0 Å². The molecule has 3 N–H and O–H groups in total. The van der Waals surface area contributed by atoms with Gasteiger partial charge in [0.25, 0.3) is 0 Å². The highest BCUT2D eigenvalue weighted by atomic mass is 16.4. The van der Waals surface area contributed by atoms with Crippen molar-refractivity contribution >= 4 is 5.97 Å². The van der Waals surface area contributed by atoms with Gasteiger partial charge < -0.3 is 15.5 Å². The molecule has 98 valence electrons. The number of carboxylic acids is 1. The fraction of sp³-hybridized carbons (Fsp3) is 0.500. The van der Waals surface area contributed by atoms with Crippen molar-refractivity contribution < 1.29 is 15.0 Å². The first-order valence-electron chi connectivity index (χ1n) is 6.36. The third-order valence-electron chi connectivity index (χ3n) is 3.45. The molecule has 1 fully saturated rings. The van der Waals surface area contributed by atoms with Crippen LogP contribution in [0.1, 0.15) is 35.2 Å². The van der Waals surface area contributed by atoms with Crippen LogP contribution in [-0.4, -0.2) is 28.8 Å². The van der Waals surface area contributed by atoms with E-state index in [4.69, 9.17) is 5.11 Å². The van der Waals surface area contributed by atoms with Gasteiger partial charge in [0.05, 0.1) is 11.7 Å². The second-order valence-corrected chi connectivity index (χ2v) is 4.97. The lowest BCUT2D eigenvalue weighted by Crippen LogP contribution is -2.21. The lowest BCUT2D eigenvalue weighted by atomic mass is 10.1. The molecule has 18 heavy (non-hydrogen) atoms. The normalized spacial score (nSPS) is 23.2. The molecular weight excluding hydrogens is 230 g/mol. The number of rotatable bonds is 5. The summed E-state index contributed by atoms with van der Waals surface area (Å²) in [7, 11) is 0. The van der Waals surface area contributed by atoms with Crippen LogP contribution in [0.25, 0.3) is 0 Å². The van der Waals surface area contributed by atoms with Crippen LogP contribution >= 0.6 is 0 Å². The van der Waals surface area contributed by atoms with Crippen LogP contribution in [0.4, 0.5) is 0 Å². The highest BCUT2D eigenvalue weighted by Crippen LogP contribution is 2.24. The fourth-order valence-electron chi connectivity index (χ4n) is 2.47. The van der Waals surface area contributed by atoms with Crippen LogP contribution in [0.3, 0.4) is 0 Å². The Bertz CT molecular complexity index is 419. The zero-order valence-electron chi connectivity index (χ0n) is 10.3. The summed E-state index contributed by atoms with van der Waals surface area (Å²) in [6.07, 6.45) is 2.72. The van der Waals surface area contributed by atoms with Gasteiger partial charge in [0.15, 0.2) is 0 Å². The Hall–Kier alpha value is -1.39. The van der Waals surface area contributed by atoms with Gasteiger partial charge in [-0.3, -0.25) is 0 Å². The molecule has 4 heteroatoms. The molecule has 2 rings (SSSR count). The van der Waals surface area contributed by atoms with E-state index in [0.717, 1.165) is 31.4 Å². The SMILES string of the molecule is O=C(O)c1cccc(CNCC2CCC(O)C2)c1. The topological polar surface area (TPSA) is 69.6 Å². The minimum absolute atomic E-state index is 0.132. The Morgan fingerprint density at radius 2 is 2.22 bits per heavy atom. The zero-order chi connectivity index (χ0) is 13.0. The minimum Gasteiger partial charge on any atom is -0.478 e. The van der Waals surface area contributed by atoms with Crippen molar-refractivity contribution in [3.63, 3.8) is 0 Å². The molecule has 4 nitrogen and oxygen atoms in total. The van der Waals surface area contributed by atoms with E-state index < -0.39 is 5.97 Å². The van der Waals surface area contributed by atoms with Gasteiger partial charge in [-0.2, -0.15) is 0 Å². The Morgan fingerprint density at radius 3 is 2.89 bits per heavy atom. The second-order valence-electron chi connectivity index (χ2n) is 4.97. The van der Waals surface area contributed by atoms with Crippen molar-refractivity contribution in [2.75, 3.05) is 6.54 Å². The molecule has 1 aromatic carbocycles. The molecule has 0 saturated heterocycles. The predicted molar refractivity (Wildman–Crippen MR) is 68.5 cm³/mol. The average molecular weight is 249 g/mol. The maximum atomic E-state index is 10.8. The van der Waals surface area contributed by atoms with Crippen LogP contribution < -0.4 is 5.32 Å². The van der Waals surface area contributed by atoms with E-state index in [1.165, 1.54) is 0 Å². The number of aromatic carboxylic acids is 1. The van der Waals surface area contributed by atoms with Gasteiger partial charge in [-0.1, -0.05) is 12.1 Å². The van der Waals surface area contributed by atoms with Gasteiger partial charge in [0, 0.05) is 6.54 Å². The number of benzene rings is 1. The van der Waals surface area contributed by atoms with Crippen molar-refractivity contribution in [1.29, 1.82) is 0 Å². The smallest absolute Gasteiger partial charge is 0.335 e. The summed E-state index contributed by atoms with van der Waals surface area (Å²) in [6, 6.07) is 6.97. The first-order chi connectivity index (χ1) is 8.65. The molecule has 2 unspecified atom stereocenters. The minimum atomic E-state index is -0.893. The van der Waals surface area contributed by atoms with Crippen molar-refractivity contribution in [2.24, 2.45) is 5.92 Å². The molecule has 0 bridgehead atoms. The first-order valence-corrected chi connectivity index (χ1v) is 6.36. The highest BCUT2D eigenvalue weighted by molar-refractivity contribution is 5.87. The van der Waals surface area contributed by atoms with Gasteiger partial charge >= 0.3 is 5.97 Å². The lowest BCUT2D eigenvalue weighted by molar-refractivity contribution is 0.0696. The van der Waals surface area contributed by atoms with E-state index in [9.17, 15) is 9.90 Å². The van der Waals surface area contributed by atoms with Crippen molar-refractivity contribution in [3.05, 3.63) is 35.4 Å². The maximum Gasteiger partial charge on any atom is 0.335 e. The summed E-state index contributed by atoms with van der Waals surface area (Å²) in [4.78, 5) is 10.8. The molecule has 1 aromatic rings. The van der Waals surface area contributed by atoms with Crippen LogP contribution in [-0.2, 0) is 6.54 Å². The molecule has 1 aliphatic rings. The van der Waals surface area contributed by atoms with Crippen LogP contribution in [0.15, 0.2) is 24.3 Å². The number of aliphatic hydroxyl groups is 1. The highest BCUT2D eigenvalue weighted by Gasteiger charge is 2.21. The average Bonchev–Trinajstić information content (AvgIpc) is 2.75. The molecule has 1 saturated carbocycles. The number of carbonyl (C=O) groups is 1. The summed E-state index contributed by atoms with van der Waals surface area (Å²) in [6.45, 7) is 1.56.